The third-order valence-corrected chi connectivity index (χ3v) is 4.59. The minimum Gasteiger partial charge on any atom is -0.465 e. The summed E-state index contributed by atoms with van der Waals surface area (Å²) in [7, 11) is 0. The van der Waals surface area contributed by atoms with E-state index in [-0.39, 0.29) is 6.04 Å². The molecule has 6 nitrogen and oxygen atoms in total. The van der Waals surface area contributed by atoms with E-state index in [1.165, 1.54) is 5.56 Å². The van der Waals surface area contributed by atoms with Crippen LogP contribution in [0.4, 0.5) is 0 Å². The van der Waals surface area contributed by atoms with Crippen molar-refractivity contribution >= 4 is 0 Å². The van der Waals surface area contributed by atoms with Crippen molar-refractivity contribution in [2.75, 3.05) is 32.8 Å². The number of furan rings is 1. The van der Waals surface area contributed by atoms with Crippen LogP contribution in [-0.2, 0) is 17.8 Å². The summed E-state index contributed by atoms with van der Waals surface area (Å²) in [5, 5.41) is 8.09. The Labute approximate surface area is 149 Å². The van der Waals surface area contributed by atoms with Crippen molar-refractivity contribution < 1.29 is 9.15 Å². The number of hydrogen-bond donors (Lipinski definition) is 1. The fourth-order valence-corrected chi connectivity index (χ4v) is 3.23. The van der Waals surface area contributed by atoms with Crippen LogP contribution in [0.15, 0.2) is 35.4 Å². The van der Waals surface area contributed by atoms with Crippen LogP contribution < -0.4 is 5.32 Å². The van der Waals surface area contributed by atoms with Crippen LogP contribution in [0.5, 0.6) is 0 Å². The van der Waals surface area contributed by atoms with E-state index in [0.717, 1.165) is 63.2 Å². The molecule has 136 valence electrons. The van der Waals surface area contributed by atoms with E-state index in [1.54, 1.807) is 0 Å². The number of rotatable bonds is 8. The lowest BCUT2D eigenvalue weighted by molar-refractivity contribution is 0.0115. The van der Waals surface area contributed by atoms with E-state index in [0.29, 0.717) is 0 Å². The van der Waals surface area contributed by atoms with Gasteiger partial charge < -0.3 is 14.5 Å². The molecule has 3 rings (SSSR count). The van der Waals surface area contributed by atoms with Crippen molar-refractivity contribution in [3.8, 4) is 0 Å². The molecule has 2 aromatic rings. The highest BCUT2D eigenvalue weighted by atomic mass is 16.5. The molecule has 0 bridgehead atoms. The third kappa shape index (κ3) is 4.60. The van der Waals surface area contributed by atoms with Crippen LogP contribution in [0, 0.1) is 13.8 Å². The topological polar surface area (TPSA) is 55.5 Å². The SMILES string of the molecule is C=CCn1cc(CNCC(c2ccc(C)o2)N2CCOCC2)c(C)n1. The first-order chi connectivity index (χ1) is 12.2. The van der Waals surface area contributed by atoms with E-state index in [2.05, 4.69) is 34.2 Å². The van der Waals surface area contributed by atoms with Crippen molar-refractivity contribution in [2.45, 2.75) is 33.0 Å². The van der Waals surface area contributed by atoms with Gasteiger partial charge >= 0.3 is 0 Å². The van der Waals surface area contributed by atoms with Crippen molar-refractivity contribution in [3.63, 3.8) is 0 Å². The molecule has 1 unspecified atom stereocenters. The molecule has 6 heteroatoms. The maximum absolute atomic E-state index is 5.91. The molecule has 3 heterocycles. The zero-order valence-corrected chi connectivity index (χ0v) is 15.2. The second kappa shape index (κ2) is 8.47. The Morgan fingerprint density at radius 1 is 1.32 bits per heavy atom. The Balaban J connectivity index is 1.63. The summed E-state index contributed by atoms with van der Waals surface area (Å²) in [6.07, 6.45) is 3.95. The normalized spacial score (nSPS) is 16.9. The van der Waals surface area contributed by atoms with E-state index < -0.39 is 0 Å². The number of nitrogens with one attached hydrogen (secondary N) is 1. The van der Waals surface area contributed by atoms with Gasteiger partial charge in [0.1, 0.15) is 11.5 Å². The highest BCUT2D eigenvalue weighted by Crippen LogP contribution is 2.23. The number of nitrogens with zero attached hydrogens (tertiary/aromatic N) is 3. The van der Waals surface area contributed by atoms with Gasteiger partial charge in [-0.2, -0.15) is 5.10 Å². The monoisotopic (exact) mass is 344 g/mol. The second-order valence-electron chi connectivity index (χ2n) is 6.49. The lowest BCUT2D eigenvalue weighted by Gasteiger charge is -2.33. The maximum atomic E-state index is 5.91. The molecule has 25 heavy (non-hydrogen) atoms. The van der Waals surface area contributed by atoms with Gasteiger partial charge in [-0.1, -0.05) is 6.08 Å². The first kappa shape index (κ1) is 17.9. The molecular formula is C19H28N4O2. The van der Waals surface area contributed by atoms with Crippen molar-refractivity contribution in [1.29, 1.82) is 0 Å². The van der Waals surface area contributed by atoms with Gasteiger partial charge in [0.25, 0.3) is 0 Å². The van der Waals surface area contributed by atoms with Gasteiger partial charge in [-0.05, 0) is 26.0 Å². The number of aromatic nitrogens is 2. The van der Waals surface area contributed by atoms with Gasteiger partial charge in [0.2, 0.25) is 0 Å². The minimum atomic E-state index is 0.223. The fourth-order valence-electron chi connectivity index (χ4n) is 3.23. The lowest BCUT2D eigenvalue weighted by Crippen LogP contribution is -2.42. The number of morpholine rings is 1. The Morgan fingerprint density at radius 2 is 2.12 bits per heavy atom. The predicted octanol–water partition coefficient (Wildman–Crippen LogP) is 2.44. The summed E-state index contributed by atoms with van der Waals surface area (Å²) in [6, 6.07) is 4.35. The molecule has 1 saturated heterocycles. The minimum absolute atomic E-state index is 0.223. The van der Waals surface area contributed by atoms with Crippen LogP contribution in [0.1, 0.15) is 28.8 Å². The Bertz CT molecular complexity index is 685. The van der Waals surface area contributed by atoms with Crippen molar-refractivity contribution in [2.24, 2.45) is 0 Å². The summed E-state index contributed by atoms with van der Waals surface area (Å²) < 4.78 is 13.3. The predicted molar refractivity (Wildman–Crippen MR) is 97.4 cm³/mol. The smallest absolute Gasteiger partial charge is 0.122 e. The molecule has 1 atom stereocenters. The summed E-state index contributed by atoms with van der Waals surface area (Å²) in [5.41, 5.74) is 2.28. The summed E-state index contributed by atoms with van der Waals surface area (Å²) in [6.45, 7) is 13.6. The molecule has 1 fully saturated rings. The molecule has 2 aromatic heterocycles. The van der Waals surface area contributed by atoms with Gasteiger partial charge in [0.15, 0.2) is 0 Å². The first-order valence-electron chi connectivity index (χ1n) is 8.90. The van der Waals surface area contributed by atoms with E-state index >= 15 is 0 Å². The van der Waals surface area contributed by atoms with Gasteiger partial charge in [0.05, 0.1) is 31.5 Å². The molecule has 1 N–H and O–H groups in total. The molecule has 1 aliphatic rings. The lowest BCUT2D eigenvalue weighted by atomic mass is 10.1. The van der Waals surface area contributed by atoms with Crippen molar-refractivity contribution in [3.05, 3.63) is 53.8 Å². The number of ether oxygens (including phenoxy) is 1. The van der Waals surface area contributed by atoms with E-state index in [1.807, 2.05) is 30.7 Å². The quantitative estimate of drug-likeness (QED) is 0.746. The van der Waals surface area contributed by atoms with Crippen molar-refractivity contribution in [1.82, 2.24) is 20.0 Å². The average molecular weight is 344 g/mol. The van der Waals surface area contributed by atoms with E-state index in [4.69, 9.17) is 9.15 Å². The average Bonchev–Trinajstić information content (AvgIpc) is 3.19. The molecular weight excluding hydrogens is 316 g/mol. The first-order valence-corrected chi connectivity index (χ1v) is 8.90. The Morgan fingerprint density at radius 3 is 2.80 bits per heavy atom. The van der Waals surface area contributed by atoms with Crippen LogP contribution in [0.2, 0.25) is 0 Å². The molecule has 1 aliphatic heterocycles. The van der Waals surface area contributed by atoms with Crippen LogP contribution in [0.25, 0.3) is 0 Å². The van der Waals surface area contributed by atoms with Crippen LogP contribution in [0.3, 0.4) is 0 Å². The molecule has 0 radical (unpaired) electrons. The Hall–Kier alpha value is -1.89. The molecule has 0 aliphatic carbocycles. The zero-order chi connectivity index (χ0) is 17.6. The number of allylic oxidation sites excluding steroid dienone is 1. The summed E-state index contributed by atoms with van der Waals surface area (Å²) in [5.74, 6) is 1.97. The highest BCUT2D eigenvalue weighted by Gasteiger charge is 2.25. The molecule has 0 spiro atoms. The van der Waals surface area contributed by atoms with Gasteiger partial charge in [-0.15, -0.1) is 6.58 Å². The zero-order valence-electron chi connectivity index (χ0n) is 15.2. The largest absolute Gasteiger partial charge is 0.465 e. The second-order valence-corrected chi connectivity index (χ2v) is 6.49. The standard InChI is InChI=1S/C19H28N4O2/c1-4-7-23-14-17(16(3)21-23)12-20-13-18(19-6-5-15(2)25-19)22-8-10-24-11-9-22/h4-6,14,18,20H,1,7-13H2,2-3H3. The van der Waals surface area contributed by atoms with Gasteiger partial charge in [-0.25, -0.2) is 0 Å². The number of hydrogen-bond acceptors (Lipinski definition) is 5. The van der Waals surface area contributed by atoms with Gasteiger partial charge in [-0.3, -0.25) is 9.58 Å². The van der Waals surface area contributed by atoms with Crippen LogP contribution >= 0.6 is 0 Å². The highest BCUT2D eigenvalue weighted by molar-refractivity contribution is 5.16. The van der Waals surface area contributed by atoms with Crippen LogP contribution in [-0.4, -0.2) is 47.5 Å². The maximum Gasteiger partial charge on any atom is 0.122 e. The third-order valence-electron chi connectivity index (χ3n) is 4.59. The summed E-state index contributed by atoms with van der Waals surface area (Å²) in [4.78, 5) is 2.43. The molecule has 0 aromatic carbocycles. The fraction of sp³-hybridized carbons (Fsp3) is 0.526. The molecule has 0 amide bonds. The van der Waals surface area contributed by atoms with Gasteiger partial charge in [0, 0.05) is 37.9 Å². The Kier molecular flexibility index (Phi) is 6.07. The van der Waals surface area contributed by atoms with E-state index in [9.17, 15) is 0 Å². The molecule has 0 saturated carbocycles. The number of aryl methyl sites for hydroxylation is 2. The summed E-state index contributed by atoms with van der Waals surface area (Å²) >= 11 is 0.